The third kappa shape index (κ3) is 1.93. The van der Waals surface area contributed by atoms with Gasteiger partial charge in [-0.2, -0.15) is 0 Å². The topological polar surface area (TPSA) is 56.7 Å². The lowest BCUT2D eigenvalue weighted by molar-refractivity contribution is 0.763. The number of benzene rings is 1. The van der Waals surface area contributed by atoms with Gasteiger partial charge in [0.15, 0.2) is 0 Å². The van der Waals surface area contributed by atoms with Gasteiger partial charge in [-0.05, 0) is 37.0 Å². The van der Waals surface area contributed by atoms with Crippen LogP contribution in [0.1, 0.15) is 42.6 Å². The summed E-state index contributed by atoms with van der Waals surface area (Å²) in [5.74, 6) is 0.601. The number of nitrogens with zero attached hydrogens (tertiary/aromatic N) is 3. The van der Waals surface area contributed by atoms with Crippen LogP contribution in [0.25, 0.3) is 5.69 Å². The van der Waals surface area contributed by atoms with Gasteiger partial charge in [0.1, 0.15) is 5.69 Å². The predicted octanol–water partition coefficient (Wildman–Crippen LogP) is 2.17. The molecule has 2 N–H and O–H groups in total. The first-order valence-corrected chi connectivity index (χ1v) is 6.57. The standard InChI is InChI=1S/C14H18N4/c1-2-10-3-7-12(8-4-10)18-14(11-5-6-11)13(9-15)16-17-18/h3-4,7-8,11H,2,5-6,9,15H2,1H3. The zero-order chi connectivity index (χ0) is 12.5. The second kappa shape index (κ2) is 4.53. The Morgan fingerprint density at radius 1 is 1.28 bits per heavy atom. The van der Waals surface area contributed by atoms with Crippen molar-refractivity contribution in [3.05, 3.63) is 41.2 Å². The van der Waals surface area contributed by atoms with Crippen LogP contribution in [0, 0.1) is 0 Å². The smallest absolute Gasteiger partial charge is 0.100 e. The van der Waals surface area contributed by atoms with Crippen molar-refractivity contribution < 1.29 is 0 Å². The Morgan fingerprint density at radius 2 is 2.00 bits per heavy atom. The molecule has 0 bridgehead atoms. The van der Waals surface area contributed by atoms with Crippen LogP contribution in [0.2, 0.25) is 0 Å². The first-order chi connectivity index (χ1) is 8.83. The highest BCUT2D eigenvalue weighted by Gasteiger charge is 2.31. The van der Waals surface area contributed by atoms with Gasteiger partial charge in [0, 0.05) is 12.5 Å². The highest BCUT2D eigenvalue weighted by Crippen LogP contribution is 2.41. The second-order valence-electron chi connectivity index (χ2n) is 4.83. The molecule has 1 aromatic carbocycles. The van der Waals surface area contributed by atoms with E-state index in [0.29, 0.717) is 12.5 Å². The molecule has 0 unspecified atom stereocenters. The van der Waals surface area contributed by atoms with Gasteiger partial charge in [0.25, 0.3) is 0 Å². The lowest BCUT2D eigenvalue weighted by Gasteiger charge is -2.07. The summed E-state index contributed by atoms with van der Waals surface area (Å²) in [4.78, 5) is 0. The molecule has 3 rings (SSSR count). The van der Waals surface area contributed by atoms with Gasteiger partial charge in [0.05, 0.1) is 11.4 Å². The second-order valence-corrected chi connectivity index (χ2v) is 4.83. The van der Waals surface area contributed by atoms with Gasteiger partial charge in [0.2, 0.25) is 0 Å². The molecular formula is C14H18N4. The lowest BCUT2D eigenvalue weighted by Crippen LogP contribution is -2.05. The molecule has 1 aromatic heterocycles. The molecule has 0 saturated heterocycles. The van der Waals surface area contributed by atoms with Crippen molar-refractivity contribution >= 4 is 0 Å². The first-order valence-electron chi connectivity index (χ1n) is 6.57. The van der Waals surface area contributed by atoms with E-state index < -0.39 is 0 Å². The lowest BCUT2D eigenvalue weighted by atomic mass is 10.1. The SMILES string of the molecule is CCc1ccc(-n2nnc(CN)c2C2CC2)cc1. The van der Waals surface area contributed by atoms with Crippen LogP contribution in [0.5, 0.6) is 0 Å². The highest BCUT2D eigenvalue weighted by atomic mass is 15.4. The zero-order valence-electron chi connectivity index (χ0n) is 10.6. The summed E-state index contributed by atoms with van der Waals surface area (Å²) in [5, 5.41) is 8.46. The average Bonchev–Trinajstić information content (AvgIpc) is 3.18. The van der Waals surface area contributed by atoms with Crippen LogP contribution >= 0.6 is 0 Å². The number of rotatable bonds is 4. The van der Waals surface area contributed by atoms with E-state index in [1.807, 2.05) is 4.68 Å². The van der Waals surface area contributed by atoms with Crippen molar-refractivity contribution in [2.75, 3.05) is 0 Å². The van der Waals surface area contributed by atoms with Crippen LogP contribution < -0.4 is 5.73 Å². The zero-order valence-corrected chi connectivity index (χ0v) is 10.6. The minimum Gasteiger partial charge on any atom is -0.325 e. The predicted molar refractivity (Wildman–Crippen MR) is 70.6 cm³/mol. The Balaban J connectivity index is 2.02. The summed E-state index contributed by atoms with van der Waals surface area (Å²) in [6.07, 6.45) is 3.52. The maximum absolute atomic E-state index is 5.74. The van der Waals surface area contributed by atoms with E-state index >= 15 is 0 Å². The molecule has 0 aliphatic heterocycles. The van der Waals surface area contributed by atoms with Crippen molar-refractivity contribution in [2.45, 2.75) is 38.6 Å². The molecule has 94 valence electrons. The van der Waals surface area contributed by atoms with Gasteiger partial charge in [-0.3, -0.25) is 0 Å². The largest absolute Gasteiger partial charge is 0.325 e. The molecule has 4 nitrogen and oxygen atoms in total. The fourth-order valence-electron chi connectivity index (χ4n) is 2.29. The Labute approximate surface area is 107 Å². The molecule has 4 heteroatoms. The molecule has 1 heterocycles. The molecule has 0 amide bonds. The molecule has 1 saturated carbocycles. The molecule has 0 spiro atoms. The summed E-state index contributed by atoms with van der Waals surface area (Å²) in [6, 6.07) is 8.52. The number of hydrogen-bond acceptors (Lipinski definition) is 3. The fourth-order valence-corrected chi connectivity index (χ4v) is 2.29. The molecule has 0 atom stereocenters. The monoisotopic (exact) mass is 242 g/mol. The third-order valence-electron chi connectivity index (χ3n) is 3.53. The van der Waals surface area contributed by atoms with E-state index in [4.69, 9.17) is 5.73 Å². The van der Waals surface area contributed by atoms with Gasteiger partial charge >= 0.3 is 0 Å². The summed E-state index contributed by atoms with van der Waals surface area (Å²) in [5.41, 5.74) is 10.3. The number of aryl methyl sites for hydroxylation is 1. The van der Waals surface area contributed by atoms with E-state index in [0.717, 1.165) is 17.8 Å². The van der Waals surface area contributed by atoms with Gasteiger partial charge in [-0.25, -0.2) is 4.68 Å². The van der Waals surface area contributed by atoms with Gasteiger partial charge in [-0.1, -0.05) is 24.3 Å². The number of aromatic nitrogens is 3. The highest BCUT2D eigenvalue weighted by molar-refractivity contribution is 5.37. The number of hydrogen-bond donors (Lipinski definition) is 1. The van der Waals surface area contributed by atoms with Crippen LogP contribution in [0.3, 0.4) is 0 Å². The molecule has 1 fully saturated rings. The molecule has 0 radical (unpaired) electrons. The first kappa shape index (κ1) is 11.4. The van der Waals surface area contributed by atoms with E-state index in [9.17, 15) is 0 Å². The summed E-state index contributed by atoms with van der Waals surface area (Å²) >= 11 is 0. The molecule has 18 heavy (non-hydrogen) atoms. The van der Waals surface area contributed by atoms with Crippen molar-refractivity contribution in [1.29, 1.82) is 0 Å². The Morgan fingerprint density at radius 3 is 2.56 bits per heavy atom. The van der Waals surface area contributed by atoms with Crippen molar-refractivity contribution in [2.24, 2.45) is 5.73 Å². The van der Waals surface area contributed by atoms with E-state index in [2.05, 4.69) is 41.5 Å². The maximum Gasteiger partial charge on any atom is 0.100 e. The average molecular weight is 242 g/mol. The van der Waals surface area contributed by atoms with E-state index in [1.165, 1.54) is 24.1 Å². The van der Waals surface area contributed by atoms with Gasteiger partial charge in [-0.15, -0.1) is 5.10 Å². The quantitative estimate of drug-likeness (QED) is 0.894. The summed E-state index contributed by atoms with van der Waals surface area (Å²) < 4.78 is 1.96. The van der Waals surface area contributed by atoms with E-state index in [-0.39, 0.29) is 0 Å². The molecule has 2 aromatic rings. The minimum atomic E-state index is 0.471. The van der Waals surface area contributed by atoms with Crippen LogP contribution in [-0.4, -0.2) is 15.0 Å². The third-order valence-corrected chi connectivity index (χ3v) is 3.53. The van der Waals surface area contributed by atoms with Crippen molar-refractivity contribution in [3.8, 4) is 5.69 Å². The minimum absolute atomic E-state index is 0.471. The Hall–Kier alpha value is -1.68. The summed E-state index contributed by atoms with van der Waals surface area (Å²) in [7, 11) is 0. The fraction of sp³-hybridized carbons (Fsp3) is 0.429. The van der Waals surface area contributed by atoms with Crippen LogP contribution in [0.15, 0.2) is 24.3 Å². The number of nitrogens with two attached hydrogens (primary N) is 1. The van der Waals surface area contributed by atoms with Crippen molar-refractivity contribution in [1.82, 2.24) is 15.0 Å². The molecule has 1 aliphatic rings. The molecule has 1 aliphatic carbocycles. The molecular weight excluding hydrogens is 224 g/mol. The maximum atomic E-state index is 5.74. The van der Waals surface area contributed by atoms with Gasteiger partial charge < -0.3 is 5.73 Å². The summed E-state index contributed by atoms with van der Waals surface area (Å²) in [6.45, 7) is 2.63. The van der Waals surface area contributed by atoms with Crippen LogP contribution in [-0.2, 0) is 13.0 Å². The van der Waals surface area contributed by atoms with E-state index in [1.54, 1.807) is 0 Å². The van der Waals surface area contributed by atoms with Crippen molar-refractivity contribution in [3.63, 3.8) is 0 Å². The Kier molecular flexibility index (Phi) is 2.88. The van der Waals surface area contributed by atoms with Crippen LogP contribution in [0.4, 0.5) is 0 Å². The normalized spacial score (nSPS) is 15.0. The Bertz CT molecular complexity index is 537.